The molecule has 0 radical (unpaired) electrons. The van der Waals surface area contributed by atoms with E-state index in [2.05, 4.69) is 26.2 Å². The molecule has 3 unspecified atom stereocenters. The maximum absolute atomic E-state index is 12.3. The second kappa shape index (κ2) is 8.48. The van der Waals surface area contributed by atoms with Crippen LogP contribution in [-0.2, 0) is 16.1 Å². The zero-order chi connectivity index (χ0) is 19.5. The third kappa shape index (κ3) is 4.82. The molecule has 2 aliphatic heterocycles. The van der Waals surface area contributed by atoms with Gasteiger partial charge in [-0.3, -0.25) is 14.5 Å². The minimum Gasteiger partial charge on any atom is -0.467 e. The summed E-state index contributed by atoms with van der Waals surface area (Å²) in [5.74, 6) is 1.00. The van der Waals surface area contributed by atoms with Gasteiger partial charge in [-0.15, -0.1) is 0 Å². The van der Waals surface area contributed by atoms with Gasteiger partial charge in [-0.2, -0.15) is 0 Å². The number of rotatable bonds is 7. The molecular weight excluding hydrogens is 378 g/mol. The van der Waals surface area contributed by atoms with E-state index in [1.165, 1.54) is 0 Å². The Labute approximate surface area is 169 Å². The zero-order valence-corrected chi connectivity index (χ0v) is 16.6. The molecule has 0 bridgehead atoms. The molecule has 3 fully saturated rings. The van der Waals surface area contributed by atoms with Crippen molar-refractivity contribution in [2.24, 2.45) is 0 Å². The first-order chi connectivity index (χ1) is 13.6. The van der Waals surface area contributed by atoms with Crippen LogP contribution in [0.1, 0.15) is 37.9 Å². The van der Waals surface area contributed by atoms with Gasteiger partial charge in [0.2, 0.25) is 11.8 Å². The van der Waals surface area contributed by atoms with Crippen molar-refractivity contribution in [2.45, 2.75) is 62.8 Å². The van der Waals surface area contributed by atoms with Crippen LogP contribution >= 0.6 is 12.2 Å². The van der Waals surface area contributed by atoms with Crippen LogP contribution in [-0.4, -0.2) is 59.1 Å². The number of carbonyl (C=O) groups is 2. The summed E-state index contributed by atoms with van der Waals surface area (Å²) in [6, 6.07) is 4.25. The van der Waals surface area contributed by atoms with Crippen molar-refractivity contribution in [2.75, 3.05) is 13.1 Å². The number of thiocarbonyl (C=S) groups is 1. The maximum atomic E-state index is 12.3. The molecule has 28 heavy (non-hydrogen) atoms. The molecule has 8 nitrogen and oxygen atoms in total. The summed E-state index contributed by atoms with van der Waals surface area (Å²) in [6.45, 7) is 1.87. The van der Waals surface area contributed by atoms with Gasteiger partial charge in [0, 0.05) is 37.6 Å². The molecule has 9 heteroatoms. The van der Waals surface area contributed by atoms with E-state index in [-0.39, 0.29) is 29.9 Å². The Bertz CT molecular complexity index is 721. The third-order valence-corrected chi connectivity index (χ3v) is 5.87. The van der Waals surface area contributed by atoms with E-state index in [0.29, 0.717) is 37.1 Å². The van der Waals surface area contributed by atoms with E-state index in [4.69, 9.17) is 16.6 Å². The fourth-order valence-electron chi connectivity index (χ4n) is 3.99. The van der Waals surface area contributed by atoms with Crippen molar-refractivity contribution < 1.29 is 14.0 Å². The zero-order valence-electron chi connectivity index (χ0n) is 15.8. The van der Waals surface area contributed by atoms with Gasteiger partial charge in [0.05, 0.1) is 18.8 Å². The molecule has 2 amide bonds. The molecule has 1 aromatic rings. The summed E-state index contributed by atoms with van der Waals surface area (Å²) >= 11 is 5.38. The Balaban J connectivity index is 1.26. The van der Waals surface area contributed by atoms with Crippen LogP contribution in [0.3, 0.4) is 0 Å². The lowest BCUT2D eigenvalue weighted by Crippen LogP contribution is -2.58. The predicted octanol–water partition coefficient (Wildman–Crippen LogP) is 0.244. The Hall–Kier alpha value is -2.13. The molecule has 0 spiro atoms. The fourth-order valence-corrected chi connectivity index (χ4v) is 4.23. The predicted molar refractivity (Wildman–Crippen MR) is 107 cm³/mol. The molecule has 0 aromatic carbocycles. The number of furan rings is 1. The van der Waals surface area contributed by atoms with Crippen molar-refractivity contribution in [1.29, 1.82) is 0 Å². The molecule has 4 rings (SSSR count). The smallest absolute Gasteiger partial charge is 0.237 e. The molecule has 152 valence electrons. The van der Waals surface area contributed by atoms with Crippen LogP contribution in [0, 0.1) is 0 Å². The Kier molecular flexibility index (Phi) is 5.82. The van der Waals surface area contributed by atoms with Crippen molar-refractivity contribution in [3.8, 4) is 0 Å². The molecule has 3 aliphatic rings. The number of nitrogens with zero attached hydrogens (tertiary/aromatic N) is 1. The number of nitrogens with one attached hydrogen (secondary N) is 4. The lowest BCUT2D eigenvalue weighted by molar-refractivity contribution is -0.129. The first-order valence-corrected chi connectivity index (χ1v) is 10.4. The van der Waals surface area contributed by atoms with Gasteiger partial charge in [0.1, 0.15) is 5.76 Å². The summed E-state index contributed by atoms with van der Waals surface area (Å²) in [5, 5.41) is 13.0. The monoisotopic (exact) mass is 405 g/mol. The summed E-state index contributed by atoms with van der Waals surface area (Å²) in [5.41, 5.74) is 0. The molecule has 3 atom stereocenters. The SMILES string of the molecule is O=C(CCC1CNC(=O)C2CC(NC(=S)NCc3ccco3)CN12)NC1CC1. The van der Waals surface area contributed by atoms with E-state index in [1.807, 2.05) is 12.1 Å². The second-order valence-corrected chi connectivity index (χ2v) is 8.24. The van der Waals surface area contributed by atoms with Crippen LogP contribution in [0.2, 0.25) is 0 Å². The van der Waals surface area contributed by atoms with Gasteiger partial charge in [0.25, 0.3) is 0 Å². The van der Waals surface area contributed by atoms with Crippen molar-refractivity contribution in [3.05, 3.63) is 24.2 Å². The fraction of sp³-hybridized carbons (Fsp3) is 0.632. The van der Waals surface area contributed by atoms with Gasteiger partial charge in [-0.1, -0.05) is 0 Å². The van der Waals surface area contributed by atoms with Crippen LogP contribution in [0.15, 0.2) is 22.8 Å². The standard InChI is InChI=1S/C19H27N5O3S/c25-17(22-12-3-4-12)6-5-14-9-20-18(26)16-8-13(11-24(14)16)23-19(28)21-10-15-2-1-7-27-15/h1-2,7,12-14,16H,3-6,8-11H2,(H,20,26)(H,22,25)(H2,21,23,28). The van der Waals surface area contributed by atoms with E-state index >= 15 is 0 Å². The van der Waals surface area contributed by atoms with Crippen LogP contribution in [0.4, 0.5) is 0 Å². The second-order valence-electron chi connectivity index (χ2n) is 7.83. The number of hydrogen-bond donors (Lipinski definition) is 4. The lowest BCUT2D eigenvalue weighted by atomic mass is 10.0. The Morgan fingerprint density at radius 3 is 2.93 bits per heavy atom. The largest absolute Gasteiger partial charge is 0.467 e. The van der Waals surface area contributed by atoms with E-state index in [9.17, 15) is 9.59 Å². The molecule has 1 saturated carbocycles. The molecule has 1 aromatic heterocycles. The van der Waals surface area contributed by atoms with E-state index < -0.39 is 0 Å². The summed E-state index contributed by atoms with van der Waals surface area (Å²) < 4.78 is 5.29. The van der Waals surface area contributed by atoms with E-state index in [0.717, 1.165) is 31.6 Å². The molecule has 2 saturated heterocycles. The van der Waals surface area contributed by atoms with Gasteiger partial charge in [-0.25, -0.2) is 0 Å². The average molecular weight is 406 g/mol. The van der Waals surface area contributed by atoms with Gasteiger partial charge >= 0.3 is 0 Å². The van der Waals surface area contributed by atoms with Gasteiger partial charge in [0.15, 0.2) is 5.11 Å². The quantitative estimate of drug-likeness (QED) is 0.483. The highest BCUT2D eigenvalue weighted by Gasteiger charge is 2.43. The molecule has 4 N–H and O–H groups in total. The van der Waals surface area contributed by atoms with Gasteiger partial charge < -0.3 is 25.7 Å². The number of piperazine rings is 1. The highest BCUT2D eigenvalue weighted by atomic mass is 32.1. The Morgan fingerprint density at radius 1 is 1.32 bits per heavy atom. The molecule has 3 heterocycles. The number of fused-ring (bicyclic) bond motifs is 1. The number of amides is 2. The molecular formula is C19H27N5O3S. The summed E-state index contributed by atoms with van der Waals surface area (Å²) in [4.78, 5) is 26.5. The maximum Gasteiger partial charge on any atom is 0.237 e. The first-order valence-electron chi connectivity index (χ1n) is 9.98. The van der Waals surface area contributed by atoms with Gasteiger partial charge in [-0.05, 0) is 50.0 Å². The highest BCUT2D eigenvalue weighted by Crippen LogP contribution is 2.26. The third-order valence-electron chi connectivity index (χ3n) is 5.61. The van der Waals surface area contributed by atoms with Crippen molar-refractivity contribution >= 4 is 29.1 Å². The van der Waals surface area contributed by atoms with Crippen LogP contribution in [0.5, 0.6) is 0 Å². The first kappa shape index (κ1) is 19.2. The minimum atomic E-state index is -0.157. The summed E-state index contributed by atoms with van der Waals surface area (Å²) in [6.07, 6.45) is 5.79. The number of carbonyl (C=O) groups excluding carboxylic acids is 2. The lowest BCUT2D eigenvalue weighted by Gasteiger charge is -2.37. The Morgan fingerprint density at radius 2 is 2.18 bits per heavy atom. The topological polar surface area (TPSA) is 98.6 Å². The molecule has 1 aliphatic carbocycles. The average Bonchev–Trinajstić information content (AvgIpc) is 3.16. The number of hydrogen-bond acceptors (Lipinski definition) is 5. The summed E-state index contributed by atoms with van der Waals surface area (Å²) in [7, 11) is 0. The van der Waals surface area contributed by atoms with Crippen LogP contribution in [0.25, 0.3) is 0 Å². The highest BCUT2D eigenvalue weighted by molar-refractivity contribution is 7.80. The van der Waals surface area contributed by atoms with Crippen molar-refractivity contribution in [1.82, 2.24) is 26.2 Å². The van der Waals surface area contributed by atoms with Crippen LogP contribution < -0.4 is 21.3 Å². The normalized spacial score (nSPS) is 27.0. The van der Waals surface area contributed by atoms with Crippen molar-refractivity contribution in [3.63, 3.8) is 0 Å². The minimum absolute atomic E-state index is 0.0671. The van der Waals surface area contributed by atoms with E-state index in [1.54, 1.807) is 6.26 Å².